The Morgan fingerprint density at radius 2 is 1.84 bits per heavy atom. The van der Waals surface area contributed by atoms with Crippen molar-refractivity contribution < 1.29 is 9.90 Å². The number of amides is 1. The van der Waals surface area contributed by atoms with Crippen LogP contribution in [-0.4, -0.2) is 61.3 Å². The first-order valence-electron chi connectivity index (χ1n) is 12.4. The van der Waals surface area contributed by atoms with E-state index >= 15 is 0 Å². The topological polar surface area (TPSA) is 55.8 Å². The van der Waals surface area contributed by atoms with Crippen molar-refractivity contribution in [1.82, 2.24) is 10.2 Å². The van der Waals surface area contributed by atoms with E-state index in [1.165, 1.54) is 50.6 Å². The Kier molecular flexibility index (Phi) is 8.03. The molecule has 0 bridgehead atoms. The largest absolute Gasteiger partial charge is 0.396 e. The molecule has 2 N–H and O–H groups in total. The molecule has 5 heteroatoms. The molecule has 1 amide bonds. The molecule has 0 saturated carbocycles. The Hall–Kier alpha value is -1.85. The number of rotatable bonds is 7. The fourth-order valence-electron chi connectivity index (χ4n) is 5.31. The van der Waals surface area contributed by atoms with Gasteiger partial charge in [0.2, 0.25) is 0 Å². The third-order valence-electron chi connectivity index (χ3n) is 7.30. The summed E-state index contributed by atoms with van der Waals surface area (Å²) < 4.78 is 0. The fraction of sp³-hybridized carbons (Fsp3) is 0.654. The van der Waals surface area contributed by atoms with Crippen LogP contribution in [0.2, 0.25) is 0 Å². The first kappa shape index (κ1) is 22.3. The summed E-state index contributed by atoms with van der Waals surface area (Å²) in [5, 5.41) is 13.2. The van der Waals surface area contributed by atoms with Gasteiger partial charge in [-0.25, -0.2) is 0 Å². The number of aliphatic hydroxyl groups is 1. The van der Waals surface area contributed by atoms with Crippen molar-refractivity contribution in [3.63, 3.8) is 0 Å². The summed E-state index contributed by atoms with van der Waals surface area (Å²) >= 11 is 0. The lowest BCUT2D eigenvalue weighted by atomic mass is 9.97. The van der Waals surface area contributed by atoms with Crippen molar-refractivity contribution in [3.05, 3.63) is 41.5 Å². The van der Waals surface area contributed by atoms with E-state index in [-0.39, 0.29) is 18.4 Å². The van der Waals surface area contributed by atoms with E-state index in [2.05, 4.69) is 28.4 Å². The number of nitrogens with zero attached hydrogens (tertiary/aromatic N) is 2. The van der Waals surface area contributed by atoms with Crippen molar-refractivity contribution in [2.75, 3.05) is 44.2 Å². The molecule has 1 aliphatic carbocycles. The predicted octanol–water partition coefficient (Wildman–Crippen LogP) is 3.98. The number of piperidine rings is 2. The van der Waals surface area contributed by atoms with Gasteiger partial charge in [-0.1, -0.05) is 11.6 Å². The summed E-state index contributed by atoms with van der Waals surface area (Å²) in [5.41, 5.74) is 3.63. The standard InChI is InChI=1S/C26H39N3O2/c30-20-22-7-4-16-29(19-22)26(31)23-8-10-25(11-9-23)28-17-13-24(14-18-28)27-15-12-21-5-2-1-3-6-21/h5,8-11,22,24,27,30H,1-4,6-7,12-20H2/t22-/m1/s1. The van der Waals surface area contributed by atoms with Gasteiger partial charge in [0.1, 0.15) is 0 Å². The molecule has 0 unspecified atom stereocenters. The van der Waals surface area contributed by atoms with Crippen LogP contribution in [-0.2, 0) is 0 Å². The van der Waals surface area contributed by atoms with Gasteiger partial charge >= 0.3 is 0 Å². The summed E-state index contributed by atoms with van der Waals surface area (Å²) in [6.07, 6.45) is 13.3. The number of anilines is 1. The van der Waals surface area contributed by atoms with Crippen LogP contribution in [0.15, 0.2) is 35.9 Å². The van der Waals surface area contributed by atoms with Gasteiger partial charge in [0.25, 0.3) is 5.91 Å². The maximum absolute atomic E-state index is 12.8. The van der Waals surface area contributed by atoms with Gasteiger partial charge in [0.05, 0.1) is 0 Å². The molecular weight excluding hydrogens is 386 g/mol. The van der Waals surface area contributed by atoms with Crippen LogP contribution in [0, 0.1) is 5.92 Å². The highest BCUT2D eigenvalue weighted by Gasteiger charge is 2.24. The van der Waals surface area contributed by atoms with Crippen molar-refractivity contribution in [2.45, 2.75) is 63.8 Å². The minimum atomic E-state index is 0.0979. The average Bonchev–Trinajstić information content (AvgIpc) is 2.85. The predicted molar refractivity (Wildman–Crippen MR) is 127 cm³/mol. The van der Waals surface area contributed by atoms with Crippen molar-refractivity contribution in [1.29, 1.82) is 0 Å². The highest BCUT2D eigenvalue weighted by molar-refractivity contribution is 5.94. The smallest absolute Gasteiger partial charge is 0.253 e. The van der Waals surface area contributed by atoms with Gasteiger partial charge in [-0.2, -0.15) is 0 Å². The lowest BCUT2D eigenvalue weighted by Gasteiger charge is -2.34. The van der Waals surface area contributed by atoms with Gasteiger partial charge in [-0.05, 0) is 94.5 Å². The first-order valence-corrected chi connectivity index (χ1v) is 12.4. The van der Waals surface area contributed by atoms with E-state index < -0.39 is 0 Å². The Labute approximate surface area is 187 Å². The van der Waals surface area contributed by atoms with Gasteiger partial charge in [0, 0.05) is 50.1 Å². The van der Waals surface area contributed by atoms with Gasteiger partial charge in [-0.3, -0.25) is 4.79 Å². The van der Waals surface area contributed by atoms with E-state index in [1.807, 2.05) is 17.0 Å². The Morgan fingerprint density at radius 1 is 1.03 bits per heavy atom. The summed E-state index contributed by atoms with van der Waals surface area (Å²) in [6.45, 7) is 4.89. The second kappa shape index (κ2) is 11.1. The second-order valence-electron chi connectivity index (χ2n) is 9.56. The Morgan fingerprint density at radius 3 is 2.55 bits per heavy atom. The number of hydrogen-bond donors (Lipinski definition) is 2. The number of allylic oxidation sites excluding steroid dienone is 1. The zero-order valence-electron chi connectivity index (χ0n) is 18.9. The molecule has 1 aromatic rings. The van der Waals surface area contributed by atoms with Crippen LogP contribution in [0.5, 0.6) is 0 Å². The van der Waals surface area contributed by atoms with E-state index in [0.29, 0.717) is 12.6 Å². The lowest BCUT2D eigenvalue weighted by molar-refractivity contribution is 0.0620. The maximum atomic E-state index is 12.8. The molecule has 2 aliphatic heterocycles. The van der Waals surface area contributed by atoms with E-state index in [9.17, 15) is 9.90 Å². The zero-order valence-corrected chi connectivity index (χ0v) is 18.9. The van der Waals surface area contributed by atoms with Crippen molar-refractivity contribution in [2.24, 2.45) is 5.92 Å². The molecule has 1 atom stereocenters. The van der Waals surface area contributed by atoms with Crippen LogP contribution in [0.1, 0.15) is 68.1 Å². The monoisotopic (exact) mass is 425 g/mol. The summed E-state index contributed by atoms with van der Waals surface area (Å²) in [7, 11) is 0. The first-order chi connectivity index (χ1) is 15.2. The summed E-state index contributed by atoms with van der Waals surface area (Å²) in [5.74, 6) is 0.326. The van der Waals surface area contributed by atoms with Gasteiger partial charge in [-0.15, -0.1) is 0 Å². The van der Waals surface area contributed by atoms with Crippen LogP contribution < -0.4 is 10.2 Å². The number of aliphatic hydroxyl groups excluding tert-OH is 1. The minimum Gasteiger partial charge on any atom is -0.396 e. The number of carbonyl (C=O) groups is 1. The number of likely N-dealkylation sites (tertiary alicyclic amines) is 1. The fourth-order valence-corrected chi connectivity index (χ4v) is 5.31. The van der Waals surface area contributed by atoms with E-state index in [4.69, 9.17) is 0 Å². The van der Waals surface area contributed by atoms with E-state index in [1.54, 1.807) is 5.57 Å². The van der Waals surface area contributed by atoms with Crippen LogP contribution in [0.4, 0.5) is 5.69 Å². The molecule has 5 nitrogen and oxygen atoms in total. The number of benzene rings is 1. The quantitative estimate of drug-likeness (QED) is 0.649. The third-order valence-corrected chi connectivity index (χ3v) is 7.30. The van der Waals surface area contributed by atoms with Gasteiger partial charge in [0.15, 0.2) is 0 Å². The minimum absolute atomic E-state index is 0.0979. The average molecular weight is 426 g/mol. The molecule has 2 heterocycles. The summed E-state index contributed by atoms with van der Waals surface area (Å²) in [4.78, 5) is 17.2. The van der Waals surface area contributed by atoms with Crippen LogP contribution in [0.3, 0.4) is 0 Å². The molecule has 1 aromatic carbocycles. The normalized spacial score (nSPS) is 23.0. The molecular formula is C26H39N3O2. The molecule has 2 fully saturated rings. The third kappa shape index (κ3) is 6.11. The molecule has 0 radical (unpaired) electrons. The Balaban J connectivity index is 1.22. The molecule has 0 aromatic heterocycles. The molecule has 3 aliphatic rings. The SMILES string of the molecule is O=C(c1ccc(N2CCC(NCCC3=CCCCC3)CC2)cc1)N1CCC[C@@H](CO)C1. The lowest BCUT2D eigenvalue weighted by Crippen LogP contribution is -2.43. The van der Waals surface area contributed by atoms with Crippen LogP contribution >= 0.6 is 0 Å². The van der Waals surface area contributed by atoms with Crippen LogP contribution in [0.25, 0.3) is 0 Å². The molecule has 0 spiro atoms. The number of carbonyl (C=O) groups excluding carboxylic acids is 1. The molecule has 4 rings (SSSR count). The molecule has 31 heavy (non-hydrogen) atoms. The van der Waals surface area contributed by atoms with E-state index in [0.717, 1.165) is 44.6 Å². The van der Waals surface area contributed by atoms with Crippen molar-refractivity contribution in [3.8, 4) is 0 Å². The highest BCUT2D eigenvalue weighted by Crippen LogP contribution is 2.23. The maximum Gasteiger partial charge on any atom is 0.253 e. The highest BCUT2D eigenvalue weighted by atomic mass is 16.3. The zero-order chi connectivity index (χ0) is 21.5. The molecule has 2 saturated heterocycles. The summed E-state index contributed by atoms with van der Waals surface area (Å²) in [6, 6.07) is 8.78. The Bertz CT molecular complexity index is 738. The number of hydrogen-bond acceptors (Lipinski definition) is 4. The second-order valence-corrected chi connectivity index (χ2v) is 9.56. The number of nitrogens with one attached hydrogen (secondary N) is 1. The van der Waals surface area contributed by atoms with Crippen molar-refractivity contribution >= 4 is 11.6 Å². The van der Waals surface area contributed by atoms with Gasteiger partial charge < -0.3 is 20.2 Å². The molecule has 170 valence electrons.